The number of carbonyl (C=O) groups excluding carboxylic acids is 1. The van der Waals surface area contributed by atoms with Gasteiger partial charge in [0.05, 0.1) is 12.1 Å². The van der Waals surface area contributed by atoms with Gasteiger partial charge in [-0.15, -0.1) is 0 Å². The molecule has 118 valence electrons. The van der Waals surface area contributed by atoms with Crippen molar-refractivity contribution in [3.63, 3.8) is 0 Å². The summed E-state index contributed by atoms with van der Waals surface area (Å²) in [7, 11) is 0. The molecule has 1 aromatic rings. The molecule has 0 fully saturated rings. The largest absolute Gasteiger partial charge is 0.508 e. The lowest BCUT2D eigenvalue weighted by Crippen LogP contribution is -2.35. The Hall–Kier alpha value is -1.98. The zero-order valence-electron chi connectivity index (χ0n) is 13.1. The maximum absolute atomic E-state index is 11.9. The van der Waals surface area contributed by atoms with Crippen LogP contribution in [0.3, 0.4) is 0 Å². The minimum atomic E-state index is -0.662. The summed E-state index contributed by atoms with van der Waals surface area (Å²) in [5, 5.41) is 12.2. The number of alkyl carbamates (subject to hydrolysis) is 1. The molecule has 6 heteroatoms. The molecule has 0 aliphatic carbocycles. The number of nitrogens with one attached hydrogen (secondary N) is 1. The monoisotopic (exact) mass is 297 g/mol. The van der Waals surface area contributed by atoms with Gasteiger partial charge >= 0.3 is 11.7 Å². The van der Waals surface area contributed by atoms with E-state index in [9.17, 15) is 14.7 Å². The van der Waals surface area contributed by atoms with E-state index in [1.807, 2.05) is 13.8 Å². The van der Waals surface area contributed by atoms with Gasteiger partial charge < -0.3 is 19.6 Å². The van der Waals surface area contributed by atoms with Crippen LogP contribution in [0.15, 0.2) is 21.3 Å². The highest BCUT2D eigenvalue weighted by molar-refractivity contribution is 5.68. The van der Waals surface area contributed by atoms with E-state index in [0.29, 0.717) is 6.42 Å². The normalized spacial score (nSPS) is 13.0. The second-order valence-corrected chi connectivity index (χ2v) is 6.37. The molecule has 0 radical (unpaired) electrons. The molecule has 0 unspecified atom stereocenters. The van der Waals surface area contributed by atoms with E-state index in [1.54, 1.807) is 20.8 Å². The van der Waals surface area contributed by atoms with Gasteiger partial charge in [-0.1, -0.05) is 13.8 Å². The van der Waals surface area contributed by atoms with Crippen molar-refractivity contribution in [1.29, 1.82) is 0 Å². The predicted octanol–water partition coefficient (Wildman–Crippen LogP) is 2.96. The van der Waals surface area contributed by atoms with Crippen LogP contribution in [0.25, 0.3) is 0 Å². The van der Waals surface area contributed by atoms with E-state index in [0.717, 1.165) is 6.07 Å². The van der Waals surface area contributed by atoms with Crippen LogP contribution in [-0.2, 0) is 4.74 Å². The fraction of sp³-hybridized carbons (Fsp3) is 0.600. The Morgan fingerprint density at radius 1 is 1.38 bits per heavy atom. The van der Waals surface area contributed by atoms with Gasteiger partial charge in [-0.3, -0.25) is 0 Å². The van der Waals surface area contributed by atoms with E-state index >= 15 is 0 Å². The highest BCUT2D eigenvalue weighted by Gasteiger charge is 2.23. The highest BCUT2D eigenvalue weighted by atomic mass is 16.6. The Morgan fingerprint density at radius 3 is 2.48 bits per heavy atom. The van der Waals surface area contributed by atoms with Crippen molar-refractivity contribution >= 4 is 6.09 Å². The molecule has 0 aliphatic heterocycles. The lowest BCUT2D eigenvalue weighted by Gasteiger charge is -2.24. The van der Waals surface area contributed by atoms with Crippen molar-refractivity contribution < 1.29 is 19.1 Å². The highest BCUT2D eigenvalue weighted by Crippen LogP contribution is 2.23. The first kappa shape index (κ1) is 17.1. The predicted molar refractivity (Wildman–Crippen MR) is 78.2 cm³/mol. The van der Waals surface area contributed by atoms with E-state index in [1.165, 1.54) is 6.07 Å². The molecule has 0 spiro atoms. The molecule has 1 atom stereocenters. The second kappa shape index (κ2) is 6.65. The van der Waals surface area contributed by atoms with E-state index in [4.69, 9.17) is 9.15 Å². The Labute approximate surface area is 124 Å². The van der Waals surface area contributed by atoms with Crippen molar-refractivity contribution in [3.8, 4) is 5.75 Å². The number of ether oxygens (including phenoxy) is 1. The zero-order valence-corrected chi connectivity index (χ0v) is 13.1. The topological polar surface area (TPSA) is 88.8 Å². The molecule has 1 aromatic heterocycles. The average molecular weight is 297 g/mol. The molecular weight excluding hydrogens is 274 g/mol. The first-order valence-electron chi connectivity index (χ1n) is 6.90. The summed E-state index contributed by atoms with van der Waals surface area (Å²) in [6, 6.07) is 1.76. The molecule has 1 heterocycles. The van der Waals surface area contributed by atoms with Gasteiger partial charge in [0, 0.05) is 6.07 Å². The fourth-order valence-corrected chi connectivity index (χ4v) is 1.82. The first-order chi connectivity index (χ1) is 9.56. The Morgan fingerprint density at radius 2 is 2.00 bits per heavy atom. The van der Waals surface area contributed by atoms with Crippen LogP contribution in [0.1, 0.15) is 52.8 Å². The standard InChI is InChI=1S/C15H23NO5/c1-9(2)6-11(16-14(19)21-15(3,4)5)12-7-10(17)8-13(18)20-12/h7-9,11,17H,6H2,1-5H3,(H,16,19)/t11-/m1/s1. The van der Waals surface area contributed by atoms with Crippen molar-refractivity contribution in [2.75, 3.05) is 0 Å². The minimum Gasteiger partial charge on any atom is -0.508 e. The van der Waals surface area contributed by atoms with E-state index in [2.05, 4.69) is 5.32 Å². The smallest absolute Gasteiger partial charge is 0.408 e. The van der Waals surface area contributed by atoms with E-state index in [-0.39, 0.29) is 17.4 Å². The van der Waals surface area contributed by atoms with Crippen LogP contribution in [0.4, 0.5) is 4.79 Å². The number of hydrogen-bond donors (Lipinski definition) is 2. The van der Waals surface area contributed by atoms with Crippen LogP contribution < -0.4 is 10.9 Å². The summed E-state index contributed by atoms with van der Waals surface area (Å²) < 4.78 is 10.3. The minimum absolute atomic E-state index is 0.194. The molecule has 0 saturated heterocycles. The third kappa shape index (κ3) is 6.33. The molecule has 21 heavy (non-hydrogen) atoms. The Bertz CT molecular complexity index is 542. The van der Waals surface area contributed by atoms with Crippen LogP contribution in [0.5, 0.6) is 5.75 Å². The molecule has 2 N–H and O–H groups in total. The number of aromatic hydroxyl groups is 1. The molecule has 0 aromatic carbocycles. The van der Waals surface area contributed by atoms with Gasteiger partial charge in [0.1, 0.15) is 17.1 Å². The number of hydrogen-bond acceptors (Lipinski definition) is 5. The summed E-state index contributed by atoms with van der Waals surface area (Å²) in [5.74, 6) is 0.262. The van der Waals surface area contributed by atoms with Gasteiger partial charge in [-0.2, -0.15) is 0 Å². The number of rotatable bonds is 4. The van der Waals surface area contributed by atoms with Crippen molar-refractivity contribution in [1.82, 2.24) is 5.32 Å². The second-order valence-electron chi connectivity index (χ2n) is 6.37. The number of carbonyl (C=O) groups is 1. The Kier molecular flexibility index (Phi) is 5.41. The summed E-state index contributed by atoms with van der Waals surface area (Å²) in [6.07, 6.45) is -0.0508. The number of amides is 1. The molecule has 1 rings (SSSR count). The molecule has 0 aliphatic rings. The quantitative estimate of drug-likeness (QED) is 0.892. The third-order valence-electron chi connectivity index (χ3n) is 2.52. The third-order valence-corrected chi connectivity index (χ3v) is 2.52. The average Bonchev–Trinajstić information content (AvgIpc) is 2.23. The van der Waals surface area contributed by atoms with Gasteiger partial charge in [0.2, 0.25) is 0 Å². The Balaban J connectivity index is 2.95. The molecule has 0 bridgehead atoms. The van der Waals surface area contributed by atoms with Crippen LogP contribution >= 0.6 is 0 Å². The van der Waals surface area contributed by atoms with Crippen molar-refractivity contribution in [2.24, 2.45) is 5.92 Å². The van der Waals surface area contributed by atoms with Crippen LogP contribution in [0, 0.1) is 5.92 Å². The van der Waals surface area contributed by atoms with Gasteiger partial charge in [-0.25, -0.2) is 9.59 Å². The lowest BCUT2D eigenvalue weighted by molar-refractivity contribution is 0.0489. The van der Waals surface area contributed by atoms with E-state index < -0.39 is 23.4 Å². The summed E-state index contributed by atoms with van der Waals surface area (Å²) in [6.45, 7) is 9.24. The van der Waals surface area contributed by atoms with Crippen molar-refractivity contribution in [3.05, 3.63) is 28.3 Å². The molecule has 1 amide bonds. The van der Waals surface area contributed by atoms with Crippen molar-refractivity contribution in [2.45, 2.75) is 52.7 Å². The molecule has 6 nitrogen and oxygen atoms in total. The summed E-state index contributed by atoms with van der Waals surface area (Å²) in [4.78, 5) is 23.2. The summed E-state index contributed by atoms with van der Waals surface area (Å²) in [5.41, 5.74) is -1.28. The fourth-order valence-electron chi connectivity index (χ4n) is 1.82. The van der Waals surface area contributed by atoms with Gasteiger partial charge in [0.15, 0.2) is 0 Å². The first-order valence-corrected chi connectivity index (χ1v) is 6.90. The molecular formula is C15H23NO5. The van der Waals surface area contributed by atoms with Crippen LogP contribution in [-0.4, -0.2) is 16.8 Å². The SMILES string of the molecule is CC(C)C[C@@H](NC(=O)OC(C)(C)C)c1cc(O)cc(=O)o1. The van der Waals surface area contributed by atoms with Gasteiger partial charge in [-0.05, 0) is 33.1 Å². The molecule has 0 saturated carbocycles. The van der Waals surface area contributed by atoms with Gasteiger partial charge in [0.25, 0.3) is 0 Å². The maximum Gasteiger partial charge on any atom is 0.408 e. The summed E-state index contributed by atoms with van der Waals surface area (Å²) >= 11 is 0. The zero-order chi connectivity index (χ0) is 16.2. The maximum atomic E-state index is 11.9. The van der Waals surface area contributed by atoms with Crippen LogP contribution in [0.2, 0.25) is 0 Å². The lowest BCUT2D eigenvalue weighted by atomic mass is 10.0.